The Morgan fingerprint density at radius 1 is 1.12 bits per heavy atom. The van der Waals surface area contributed by atoms with Gasteiger partial charge in [0.15, 0.2) is 0 Å². The van der Waals surface area contributed by atoms with Crippen LogP contribution in [0.2, 0.25) is 0 Å². The zero-order valence-electron chi connectivity index (χ0n) is 10.2. The third kappa shape index (κ3) is 2.58. The van der Waals surface area contributed by atoms with Gasteiger partial charge in [-0.3, -0.25) is 0 Å². The second-order valence-electron chi connectivity index (χ2n) is 5.75. The molecule has 92 valence electrons. The summed E-state index contributed by atoms with van der Waals surface area (Å²) in [5.41, 5.74) is 0. The Bertz CT molecular complexity index is 228. The largest absolute Gasteiger partial charge is 0.381 e. The molecule has 3 aliphatic rings. The number of hydrogen-bond acceptors (Lipinski definition) is 3. The van der Waals surface area contributed by atoms with Crippen molar-refractivity contribution >= 4 is 0 Å². The molecule has 3 nitrogen and oxygen atoms in total. The van der Waals surface area contributed by atoms with Gasteiger partial charge < -0.3 is 15.0 Å². The average molecular weight is 224 g/mol. The van der Waals surface area contributed by atoms with Gasteiger partial charge in [-0.1, -0.05) is 0 Å². The predicted molar refractivity (Wildman–Crippen MR) is 64.5 cm³/mol. The summed E-state index contributed by atoms with van der Waals surface area (Å²) in [7, 11) is 0. The van der Waals surface area contributed by atoms with Crippen LogP contribution < -0.4 is 5.32 Å². The van der Waals surface area contributed by atoms with Crippen LogP contribution in [-0.4, -0.2) is 49.8 Å². The van der Waals surface area contributed by atoms with Crippen LogP contribution in [0.15, 0.2) is 0 Å². The fourth-order valence-electron chi connectivity index (χ4n) is 3.39. The van der Waals surface area contributed by atoms with Crippen molar-refractivity contribution in [1.82, 2.24) is 10.2 Å². The van der Waals surface area contributed by atoms with E-state index in [4.69, 9.17) is 4.74 Å². The first-order chi connectivity index (χ1) is 7.90. The van der Waals surface area contributed by atoms with E-state index in [0.29, 0.717) is 0 Å². The minimum atomic E-state index is 0.785. The summed E-state index contributed by atoms with van der Waals surface area (Å²) in [5, 5.41) is 3.74. The maximum Gasteiger partial charge on any atom is 0.0495 e. The molecule has 0 spiro atoms. The van der Waals surface area contributed by atoms with Gasteiger partial charge in [-0.15, -0.1) is 0 Å². The van der Waals surface area contributed by atoms with E-state index < -0.39 is 0 Å². The number of ether oxygens (including phenoxy) is 1. The Hall–Kier alpha value is -0.120. The average Bonchev–Trinajstić information content (AvgIpc) is 2.87. The molecule has 0 aromatic carbocycles. The predicted octanol–water partition coefficient (Wildman–Crippen LogP) is 1.24. The van der Waals surface area contributed by atoms with Crippen molar-refractivity contribution < 1.29 is 4.74 Å². The highest BCUT2D eigenvalue weighted by Gasteiger charge is 2.29. The minimum Gasteiger partial charge on any atom is -0.381 e. The molecule has 3 heterocycles. The molecule has 0 aromatic rings. The third-order valence-corrected chi connectivity index (χ3v) is 4.48. The molecular formula is C13H24N2O. The van der Waals surface area contributed by atoms with E-state index in [1.54, 1.807) is 0 Å². The van der Waals surface area contributed by atoms with Crippen molar-refractivity contribution in [2.75, 3.05) is 32.8 Å². The van der Waals surface area contributed by atoms with Gasteiger partial charge in [0.2, 0.25) is 0 Å². The number of rotatable bonds is 3. The molecule has 0 amide bonds. The molecule has 0 aromatic heterocycles. The first-order valence-corrected chi connectivity index (χ1v) is 6.96. The Kier molecular flexibility index (Phi) is 3.46. The zero-order valence-corrected chi connectivity index (χ0v) is 10.2. The minimum absolute atomic E-state index is 0.785. The van der Waals surface area contributed by atoms with E-state index in [1.807, 2.05) is 0 Å². The molecule has 3 heteroatoms. The summed E-state index contributed by atoms with van der Waals surface area (Å²) in [4.78, 5) is 2.68. The smallest absolute Gasteiger partial charge is 0.0495 e. The van der Waals surface area contributed by atoms with Crippen molar-refractivity contribution in [2.45, 2.75) is 44.2 Å². The lowest BCUT2D eigenvalue weighted by atomic mass is 10.0. The number of likely N-dealkylation sites (tertiary alicyclic amines) is 1. The lowest BCUT2D eigenvalue weighted by Crippen LogP contribution is -2.36. The Labute approximate surface area is 98.5 Å². The summed E-state index contributed by atoms with van der Waals surface area (Å²) in [6.45, 7) is 5.89. The third-order valence-electron chi connectivity index (χ3n) is 4.48. The number of hydrogen-bond donors (Lipinski definition) is 1. The van der Waals surface area contributed by atoms with E-state index in [2.05, 4.69) is 10.2 Å². The van der Waals surface area contributed by atoms with Crippen LogP contribution in [-0.2, 0) is 4.74 Å². The van der Waals surface area contributed by atoms with Crippen molar-refractivity contribution in [3.05, 3.63) is 0 Å². The molecule has 3 atom stereocenters. The number of nitrogens with zero attached hydrogens (tertiary/aromatic N) is 1. The second kappa shape index (κ2) is 5.03. The van der Waals surface area contributed by atoms with E-state index in [0.717, 1.165) is 31.2 Å². The van der Waals surface area contributed by atoms with Crippen LogP contribution in [0.1, 0.15) is 32.1 Å². The summed E-state index contributed by atoms with van der Waals surface area (Å²) >= 11 is 0. The molecule has 3 unspecified atom stereocenters. The highest BCUT2D eigenvalue weighted by Crippen LogP contribution is 2.22. The molecule has 0 radical (unpaired) electrons. The Morgan fingerprint density at radius 3 is 2.94 bits per heavy atom. The van der Waals surface area contributed by atoms with Crippen molar-refractivity contribution in [1.29, 1.82) is 0 Å². The lowest BCUT2D eigenvalue weighted by Gasteiger charge is -2.24. The summed E-state index contributed by atoms with van der Waals surface area (Å²) in [5.74, 6) is 0.841. The quantitative estimate of drug-likeness (QED) is 0.780. The van der Waals surface area contributed by atoms with Gasteiger partial charge in [0.05, 0.1) is 0 Å². The highest BCUT2D eigenvalue weighted by molar-refractivity contribution is 4.89. The van der Waals surface area contributed by atoms with Crippen LogP contribution in [0.4, 0.5) is 0 Å². The van der Waals surface area contributed by atoms with Gasteiger partial charge >= 0.3 is 0 Å². The Morgan fingerprint density at radius 2 is 2.06 bits per heavy atom. The zero-order chi connectivity index (χ0) is 10.8. The molecule has 16 heavy (non-hydrogen) atoms. The van der Waals surface area contributed by atoms with Gasteiger partial charge in [0.25, 0.3) is 0 Å². The van der Waals surface area contributed by atoms with E-state index >= 15 is 0 Å². The summed E-state index contributed by atoms with van der Waals surface area (Å²) < 4.78 is 5.44. The van der Waals surface area contributed by atoms with Crippen LogP contribution in [0, 0.1) is 5.92 Å². The summed E-state index contributed by atoms with van der Waals surface area (Å²) in [6, 6.07) is 1.61. The number of nitrogens with one attached hydrogen (secondary N) is 1. The van der Waals surface area contributed by atoms with Crippen LogP contribution in [0.25, 0.3) is 0 Å². The summed E-state index contributed by atoms with van der Waals surface area (Å²) in [6.07, 6.45) is 6.80. The SMILES string of the molecule is C1CC(CCN2CCC3CCC(C2)N3)CO1. The van der Waals surface area contributed by atoms with Gasteiger partial charge in [-0.2, -0.15) is 0 Å². The highest BCUT2D eigenvalue weighted by atomic mass is 16.5. The first-order valence-electron chi connectivity index (χ1n) is 6.96. The van der Waals surface area contributed by atoms with Crippen LogP contribution >= 0.6 is 0 Å². The van der Waals surface area contributed by atoms with Gasteiger partial charge in [0, 0.05) is 31.8 Å². The van der Waals surface area contributed by atoms with Gasteiger partial charge in [-0.05, 0) is 51.1 Å². The van der Waals surface area contributed by atoms with Gasteiger partial charge in [-0.25, -0.2) is 0 Å². The number of fused-ring (bicyclic) bond motifs is 2. The fourth-order valence-corrected chi connectivity index (χ4v) is 3.39. The molecule has 1 N–H and O–H groups in total. The Balaban J connectivity index is 1.44. The maximum atomic E-state index is 5.44. The van der Waals surface area contributed by atoms with Crippen molar-refractivity contribution in [3.63, 3.8) is 0 Å². The topological polar surface area (TPSA) is 24.5 Å². The van der Waals surface area contributed by atoms with Gasteiger partial charge in [0.1, 0.15) is 0 Å². The molecule has 0 aliphatic carbocycles. The molecule has 3 saturated heterocycles. The standard InChI is InChI=1S/C13H24N2O/c1-2-13-9-15(7-4-12(1)14-13)6-3-11-5-8-16-10-11/h11-14H,1-10H2. The molecule has 3 aliphatic heterocycles. The van der Waals surface area contributed by atoms with Crippen molar-refractivity contribution in [3.8, 4) is 0 Å². The fraction of sp³-hybridized carbons (Fsp3) is 1.00. The first kappa shape index (κ1) is 11.0. The molecule has 2 bridgehead atoms. The molecule has 0 saturated carbocycles. The second-order valence-corrected chi connectivity index (χ2v) is 5.75. The van der Waals surface area contributed by atoms with E-state index in [-0.39, 0.29) is 0 Å². The van der Waals surface area contributed by atoms with E-state index in [1.165, 1.54) is 51.7 Å². The van der Waals surface area contributed by atoms with Crippen LogP contribution in [0.3, 0.4) is 0 Å². The van der Waals surface area contributed by atoms with E-state index in [9.17, 15) is 0 Å². The maximum absolute atomic E-state index is 5.44. The normalized spacial score (nSPS) is 40.1. The monoisotopic (exact) mass is 224 g/mol. The van der Waals surface area contributed by atoms with Crippen LogP contribution in [0.5, 0.6) is 0 Å². The molecular weight excluding hydrogens is 200 g/mol. The molecule has 3 rings (SSSR count). The lowest BCUT2D eigenvalue weighted by molar-refractivity contribution is 0.176. The van der Waals surface area contributed by atoms with Crippen molar-refractivity contribution in [2.24, 2.45) is 5.92 Å². The molecule has 3 fully saturated rings.